The third kappa shape index (κ3) is 4.68. The third-order valence-electron chi connectivity index (χ3n) is 3.41. The fourth-order valence-corrected chi connectivity index (χ4v) is 2.17. The molecule has 0 aliphatic heterocycles. The maximum atomic E-state index is 13.5. The standard InChI is InChI=1S/C18H15F3O3/c1-11(7-12-3-2-4-13(19)8-12)18(23)24-10-17(22)15-9-14(20)5-6-16(15)21/h2-6,8-9,11H,7,10H2,1H3. The van der Waals surface area contributed by atoms with Crippen LogP contribution in [0.3, 0.4) is 0 Å². The molecule has 3 nitrogen and oxygen atoms in total. The van der Waals surface area contributed by atoms with Crippen molar-refractivity contribution in [2.75, 3.05) is 6.61 Å². The minimum atomic E-state index is -0.884. The molecule has 2 aromatic carbocycles. The van der Waals surface area contributed by atoms with Crippen molar-refractivity contribution in [2.45, 2.75) is 13.3 Å². The Morgan fingerprint density at radius 3 is 2.46 bits per heavy atom. The molecule has 0 spiro atoms. The molecule has 2 aromatic rings. The average molecular weight is 336 g/mol. The Labute approximate surface area is 137 Å². The third-order valence-corrected chi connectivity index (χ3v) is 3.41. The van der Waals surface area contributed by atoms with Crippen LogP contribution in [-0.4, -0.2) is 18.4 Å². The van der Waals surface area contributed by atoms with Crippen molar-refractivity contribution in [3.05, 3.63) is 71.0 Å². The second kappa shape index (κ2) is 7.77. The van der Waals surface area contributed by atoms with E-state index in [2.05, 4.69) is 0 Å². The fraction of sp³-hybridized carbons (Fsp3) is 0.222. The highest BCUT2D eigenvalue weighted by Gasteiger charge is 2.19. The van der Waals surface area contributed by atoms with Crippen LogP contribution < -0.4 is 0 Å². The monoisotopic (exact) mass is 336 g/mol. The number of ketones is 1. The maximum absolute atomic E-state index is 13.5. The van der Waals surface area contributed by atoms with Crippen molar-refractivity contribution >= 4 is 11.8 Å². The van der Waals surface area contributed by atoms with Crippen molar-refractivity contribution < 1.29 is 27.5 Å². The number of Topliss-reactive ketones (excluding diaryl/α,β-unsaturated/α-hetero) is 1. The van der Waals surface area contributed by atoms with Crippen molar-refractivity contribution in [2.24, 2.45) is 5.92 Å². The van der Waals surface area contributed by atoms with Crippen LogP contribution in [0.15, 0.2) is 42.5 Å². The van der Waals surface area contributed by atoms with E-state index in [1.165, 1.54) is 18.2 Å². The highest BCUT2D eigenvalue weighted by Crippen LogP contribution is 2.13. The molecule has 1 atom stereocenters. The molecule has 0 saturated carbocycles. The van der Waals surface area contributed by atoms with Gasteiger partial charge in [-0.05, 0) is 42.3 Å². The molecule has 2 rings (SSSR count). The summed E-state index contributed by atoms with van der Waals surface area (Å²) in [7, 11) is 0. The first-order chi connectivity index (χ1) is 11.4. The van der Waals surface area contributed by atoms with Crippen LogP contribution in [0.25, 0.3) is 0 Å². The lowest BCUT2D eigenvalue weighted by Crippen LogP contribution is -2.21. The van der Waals surface area contributed by atoms with Crippen LogP contribution in [0.1, 0.15) is 22.8 Å². The van der Waals surface area contributed by atoms with Crippen molar-refractivity contribution in [3.8, 4) is 0 Å². The van der Waals surface area contributed by atoms with E-state index >= 15 is 0 Å². The van der Waals surface area contributed by atoms with Crippen LogP contribution in [0, 0.1) is 23.4 Å². The number of carbonyl (C=O) groups is 2. The van der Waals surface area contributed by atoms with Crippen molar-refractivity contribution in [1.29, 1.82) is 0 Å². The van der Waals surface area contributed by atoms with Crippen LogP contribution >= 0.6 is 0 Å². The van der Waals surface area contributed by atoms with Crippen LogP contribution in [0.2, 0.25) is 0 Å². The highest BCUT2D eigenvalue weighted by molar-refractivity contribution is 5.98. The summed E-state index contributed by atoms with van der Waals surface area (Å²) in [6.45, 7) is 0.882. The van der Waals surface area contributed by atoms with E-state index < -0.39 is 47.3 Å². The molecule has 24 heavy (non-hydrogen) atoms. The largest absolute Gasteiger partial charge is 0.457 e. The summed E-state index contributed by atoms with van der Waals surface area (Å²) in [4.78, 5) is 23.7. The summed E-state index contributed by atoms with van der Waals surface area (Å²) < 4.78 is 44.5. The second-order valence-electron chi connectivity index (χ2n) is 5.39. The molecule has 126 valence electrons. The lowest BCUT2D eigenvalue weighted by atomic mass is 10.0. The molecule has 0 fully saturated rings. The Bertz CT molecular complexity index is 759. The zero-order valence-electron chi connectivity index (χ0n) is 12.9. The van der Waals surface area contributed by atoms with Gasteiger partial charge >= 0.3 is 5.97 Å². The summed E-state index contributed by atoms with van der Waals surface area (Å²) in [5, 5.41) is 0. The number of esters is 1. The number of benzene rings is 2. The van der Waals surface area contributed by atoms with Gasteiger partial charge in [-0.3, -0.25) is 9.59 Å². The molecule has 1 unspecified atom stereocenters. The average Bonchev–Trinajstić information content (AvgIpc) is 2.54. The van der Waals surface area contributed by atoms with E-state index in [1.807, 2.05) is 0 Å². The van der Waals surface area contributed by atoms with Crippen molar-refractivity contribution in [3.63, 3.8) is 0 Å². The van der Waals surface area contributed by atoms with Gasteiger partial charge in [-0.25, -0.2) is 13.2 Å². The first-order valence-corrected chi connectivity index (χ1v) is 7.26. The van der Waals surface area contributed by atoms with Gasteiger partial charge in [0.25, 0.3) is 0 Å². The Morgan fingerprint density at radius 1 is 1.04 bits per heavy atom. The van der Waals surface area contributed by atoms with Gasteiger partial charge in [0.15, 0.2) is 6.61 Å². The van der Waals surface area contributed by atoms with Crippen LogP contribution in [0.4, 0.5) is 13.2 Å². The number of halogens is 3. The molecule has 6 heteroatoms. The summed E-state index contributed by atoms with van der Waals surface area (Å²) in [6, 6.07) is 8.26. The number of hydrogen-bond acceptors (Lipinski definition) is 3. The van der Waals surface area contributed by atoms with E-state index in [9.17, 15) is 22.8 Å². The highest BCUT2D eigenvalue weighted by atomic mass is 19.1. The van der Waals surface area contributed by atoms with E-state index in [1.54, 1.807) is 13.0 Å². The summed E-state index contributed by atoms with van der Waals surface area (Å²) >= 11 is 0. The number of carbonyl (C=O) groups excluding carboxylic acids is 2. The van der Waals surface area contributed by atoms with Gasteiger partial charge in [-0.2, -0.15) is 0 Å². The molecule has 0 N–H and O–H groups in total. The van der Waals surface area contributed by atoms with Gasteiger partial charge in [-0.1, -0.05) is 19.1 Å². The molecule has 0 amide bonds. The van der Waals surface area contributed by atoms with Gasteiger partial charge < -0.3 is 4.74 Å². The SMILES string of the molecule is CC(Cc1cccc(F)c1)C(=O)OCC(=O)c1cc(F)ccc1F. The normalized spacial score (nSPS) is 11.8. The van der Waals surface area contributed by atoms with Gasteiger partial charge in [0.2, 0.25) is 5.78 Å². The smallest absolute Gasteiger partial charge is 0.309 e. The number of rotatable bonds is 6. The van der Waals surface area contributed by atoms with Crippen LogP contribution in [-0.2, 0) is 16.0 Å². The fourth-order valence-electron chi connectivity index (χ4n) is 2.17. The zero-order chi connectivity index (χ0) is 17.7. The summed E-state index contributed by atoms with van der Waals surface area (Å²) in [5.41, 5.74) is 0.141. The predicted octanol–water partition coefficient (Wildman–Crippen LogP) is 3.71. The quantitative estimate of drug-likeness (QED) is 0.597. The predicted molar refractivity (Wildman–Crippen MR) is 80.9 cm³/mol. The lowest BCUT2D eigenvalue weighted by molar-refractivity contribution is -0.146. The Balaban J connectivity index is 1.92. The molecule has 0 saturated heterocycles. The second-order valence-corrected chi connectivity index (χ2v) is 5.39. The zero-order valence-corrected chi connectivity index (χ0v) is 12.9. The van der Waals surface area contributed by atoms with Gasteiger partial charge in [0.05, 0.1) is 11.5 Å². The Kier molecular flexibility index (Phi) is 5.73. The number of ether oxygens (including phenoxy) is 1. The molecular weight excluding hydrogens is 321 g/mol. The van der Waals surface area contributed by atoms with Crippen molar-refractivity contribution in [1.82, 2.24) is 0 Å². The maximum Gasteiger partial charge on any atom is 0.309 e. The molecule has 0 aliphatic carbocycles. The Morgan fingerprint density at radius 2 is 1.75 bits per heavy atom. The Hall–Kier alpha value is -2.63. The molecule has 0 aliphatic rings. The molecule has 0 aromatic heterocycles. The lowest BCUT2D eigenvalue weighted by Gasteiger charge is -2.11. The van der Waals surface area contributed by atoms with E-state index in [-0.39, 0.29) is 6.42 Å². The molecule has 0 radical (unpaired) electrons. The minimum absolute atomic E-state index is 0.235. The first kappa shape index (κ1) is 17.7. The van der Waals surface area contributed by atoms with Crippen LogP contribution in [0.5, 0.6) is 0 Å². The topological polar surface area (TPSA) is 43.4 Å². The molecule has 0 bridgehead atoms. The van der Waals surface area contributed by atoms with Gasteiger partial charge in [0.1, 0.15) is 17.5 Å². The van der Waals surface area contributed by atoms with Gasteiger partial charge in [0, 0.05) is 0 Å². The molecular formula is C18H15F3O3. The van der Waals surface area contributed by atoms with E-state index in [4.69, 9.17) is 4.74 Å². The van der Waals surface area contributed by atoms with E-state index in [0.717, 1.165) is 18.2 Å². The summed E-state index contributed by atoms with van der Waals surface area (Å²) in [5.74, 6) is -4.18. The number of hydrogen-bond donors (Lipinski definition) is 0. The minimum Gasteiger partial charge on any atom is -0.457 e. The first-order valence-electron chi connectivity index (χ1n) is 7.26. The molecule has 0 heterocycles. The summed E-state index contributed by atoms with van der Waals surface area (Å²) in [6.07, 6.45) is 0.235. The van der Waals surface area contributed by atoms with E-state index in [0.29, 0.717) is 5.56 Å². The van der Waals surface area contributed by atoms with Gasteiger partial charge in [-0.15, -0.1) is 0 Å².